The minimum Gasteiger partial charge on any atom is -0.403 e. The normalized spacial score (nSPS) is 18.2. The largest absolute Gasteiger partial charge is 0.573 e. The van der Waals surface area contributed by atoms with Gasteiger partial charge in [-0.15, -0.1) is 13.2 Å². The number of aliphatic hydroxyl groups excluding tert-OH is 1. The molecule has 4 nitrogen and oxygen atoms in total. The molecule has 0 bridgehead atoms. The lowest BCUT2D eigenvalue weighted by atomic mass is 10.0. The van der Waals surface area contributed by atoms with E-state index in [1.54, 1.807) is 0 Å². The zero-order valence-corrected chi connectivity index (χ0v) is 11.9. The van der Waals surface area contributed by atoms with Gasteiger partial charge in [0.25, 0.3) is 0 Å². The summed E-state index contributed by atoms with van der Waals surface area (Å²) in [6.07, 6.45) is -4.54. The number of hydrogen-bond acceptors (Lipinski definition) is 4. The maximum Gasteiger partial charge on any atom is 0.573 e. The van der Waals surface area contributed by atoms with Crippen LogP contribution in [0.3, 0.4) is 0 Å². The molecule has 2 N–H and O–H groups in total. The minimum atomic E-state index is -4.93. The monoisotopic (exact) mass is 322 g/mol. The number of alkyl halides is 3. The maximum atomic E-state index is 13.8. The Bertz CT molecular complexity index is 490. The summed E-state index contributed by atoms with van der Waals surface area (Å²) in [4.78, 5) is 2.08. The van der Waals surface area contributed by atoms with Crippen molar-refractivity contribution in [2.75, 3.05) is 32.8 Å². The fourth-order valence-electron chi connectivity index (χ4n) is 2.61. The van der Waals surface area contributed by atoms with Crippen molar-refractivity contribution in [1.82, 2.24) is 10.2 Å². The number of rotatable bonds is 5. The Morgan fingerprint density at radius 1 is 1.27 bits per heavy atom. The quantitative estimate of drug-likeness (QED) is 0.815. The van der Waals surface area contributed by atoms with Crippen LogP contribution in [-0.4, -0.2) is 49.2 Å². The smallest absolute Gasteiger partial charge is 0.403 e. The second-order valence-electron chi connectivity index (χ2n) is 5.05. The van der Waals surface area contributed by atoms with Crippen LogP contribution in [0.1, 0.15) is 18.0 Å². The second-order valence-corrected chi connectivity index (χ2v) is 5.05. The van der Waals surface area contributed by atoms with E-state index < -0.39 is 17.9 Å². The lowest BCUT2D eigenvalue weighted by molar-refractivity contribution is -0.275. The zero-order chi connectivity index (χ0) is 16.2. The number of nitrogens with zero attached hydrogens (tertiary/aromatic N) is 1. The number of benzene rings is 1. The topological polar surface area (TPSA) is 44.7 Å². The lowest BCUT2D eigenvalue weighted by Crippen LogP contribution is -2.45. The Morgan fingerprint density at radius 2 is 1.95 bits per heavy atom. The van der Waals surface area contributed by atoms with Crippen molar-refractivity contribution in [2.24, 2.45) is 0 Å². The fourth-order valence-corrected chi connectivity index (χ4v) is 2.61. The zero-order valence-electron chi connectivity index (χ0n) is 11.9. The molecule has 22 heavy (non-hydrogen) atoms. The standard InChI is InChI=1S/C14H18F4N2O2/c15-11-9-10(1-2-13(11)22-14(16,17)18)12(3-8-21)20-6-4-19-5-7-20/h1-2,9,12,19,21H,3-8H2/t12-/m1/s1. The average molecular weight is 322 g/mol. The SMILES string of the molecule is OCC[C@H](c1ccc(OC(F)(F)F)c(F)c1)N1CCNCC1. The molecule has 1 aliphatic heterocycles. The molecule has 124 valence electrons. The molecule has 0 aliphatic carbocycles. The molecule has 0 saturated carbocycles. The Kier molecular flexibility index (Phi) is 5.60. The van der Waals surface area contributed by atoms with Gasteiger partial charge in [-0.05, 0) is 24.1 Å². The number of halogens is 4. The van der Waals surface area contributed by atoms with Crippen LogP contribution in [0.5, 0.6) is 5.75 Å². The summed E-state index contributed by atoms with van der Waals surface area (Å²) in [7, 11) is 0. The van der Waals surface area contributed by atoms with Crippen molar-refractivity contribution in [2.45, 2.75) is 18.8 Å². The van der Waals surface area contributed by atoms with Gasteiger partial charge in [-0.3, -0.25) is 4.90 Å². The van der Waals surface area contributed by atoms with E-state index in [2.05, 4.69) is 15.0 Å². The lowest BCUT2D eigenvalue weighted by Gasteiger charge is -2.35. The fraction of sp³-hybridized carbons (Fsp3) is 0.571. The molecule has 0 unspecified atom stereocenters. The first kappa shape index (κ1) is 17.0. The summed E-state index contributed by atoms with van der Waals surface area (Å²) in [6.45, 7) is 2.93. The maximum absolute atomic E-state index is 13.8. The molecule has 1 saturated heterocycles. The molecular weight excluding hydrogens is 304 g/mol. The van der Waals surface area contributed by atoms with Gasteiger partial charge >= 0.3 is 6.36 Å². The van der Waals surface area contributed by atoms with Crippen LogP contribution < -0.4 is 10.1 Å². The van der Waals surface area contributed by atoms with Crippen LogP contribution in [0, 0.1) is 5.82 Å². The summed E-state index contributed by atoms with van der Waals surface area (Å²) in [6, 6.07) is 3.20. The minimum absolute atomic E-state index is 0.0863. The Labute approximate surface area is 125 Å². The van der Waals surface area contributed by atoms with E-state index in [-0.39, 0.29) is 12.6 Å². The van der Waals surface area contributed by atoms with Crippen LogP contribution in [0.4, 0.5) is 17.6 Å². The number of hydrogen-bond donors (Lipinski definition) is 2. The van der Waals surface area contributed by atoms with E-state index in [9.17, 15) is 22.7 Å². The van der Waals surface area contributed by atoms with Gasteiger partial charge in [0.15, 0.2) is 11.6 Å². The predicted octanol–water partition coefficient (Wildman–Crippen LogP) is 2.05. The van der Waals surface area contributed by atoms with Crippen molar-refractivity contribution in [1.29, 1.82) is 0 Å². The molecule has 0 radical (unpaired) electrons. The molecule has 8 heteroatoms. The van der Waals surface area contributed by atoms with Crippen LogP contribution in [0.2, 0.25) is 0 Å². The van der Waals surface area contributed by atoms with Crippen molar-refractivity contribution in [3.63, 3.8) is 0 Å². The molecule has 0 aromatic heterocycles. The summed E-state index contributed by atoms with van der Waals surface area (Å²) >= 11 is 0. The number of ether oxygens (including phenoxy) is 1. The highest BCUT2D eigenvalue weighted by atomic mass is 19.4. The molecule has 0 amide bonds. The van der Waals surface area contributed by atoms with E-state index in [1.807, 2.05) is 0 Å². The van der Waals surface area contributed by atoms with E-state index in [1.165, 1.54) is 6.07 Å². The molecule has 1 aromatic rings. The summed E-state index contributed by atoms with van der Waals surface area (Å²) in [5, 5.41) is 12.4. The van der Waals surface area contributed by atoms with E-state index in [4.69, 9.17) is 0 Å². The second kappa shape index (κ2) is 7.26. The van der Waals surface area contributed by atoms with Crippen molar-refractivity contribution < 1.29 is 27.4 Å². The van der Waals surface area contributed by atoms with Crippen LogP contribution in [0.15, 0.2) is 18.2 Å². The van der Waals surface area contributed by atoms with Gasteiger partial charge in [0.1, 0.15) is 0 Å². The van der Waals surface area contributed by atoms with Gasteiger partial charge in [0.2, 0.25) is 0 Å². The van der Waals surface area contributed by atoms with E-state index in [0.29, 0.717) is 12.0 Å². The first-order valence-corrected chi connectivity index (χ1v) is 7.01. The third-order valence-corrected chi connectivity index (χ3v) is 3.56. The average Bonchev–Trinajstić information content (AvgIpc) is 2.47. The number of aliphatic hydroxyl groups is 1. The Morgan fingerprint density at radius 3 is 2.50 bits per heavy atom. The highest BCUT2D eigenvalue weighted by Crippen LogP contribution is 2.30. The van der Waals surface area contributed by atoms with Crippen molar-refractivity contribution in [3.8, 4) is 5.75 Å². The van der Waals surface area contributed by atoms with Gasteiger partial charge in [0, 0.05) is 38.8 Å². The van der Waals surface area contributed by atoms with Crippen LogP contribution in [-0.2, 0) is 0 Å². The molecule has 1 fully saturated rings. The molecule has 1 aromatic carbocycles. The molecular formula is C14H18F4N2O2. The van der Waals surface area contributed by atoms with Gasteiger partial charge in [-0.25, -0.2) is 4.39 Å². The van der Waals surface area contributed by atoms with Gasteiger partial charge in [-0.2, -0.15) is 0 Å². The van der Waals surface area contributed by atoms with Crippen LogP contribution >= 0.6 is 0 Å². The number of piperazine rings is 1. The molecule has 1 atom stereocenters. The van der Waals surface area contributed by atoms with Gasteiger partial charge in [-0.1, -0.05) is 6.07 Å². The van der Waals surface area contributed by atoms with Gasteiger partial charge < -0.3 is 15.2 Å². The van der Waals surface area contributed by atoms with Crippen molar-refractivity contribution >= 4 is 0 Å². The third-order valence-electron chi connectivity index (χ3n) is 3.56. The predicted molar refractivity (Wildman–Crippen MR) is 72.0 cm³/mol. The van der Waals surface area contributed by atoms with E-state index in [0.717, 1.165) is 38.3 Å². The highest BCUT2D eigenvalue weighted by molar-refractivity contribution is 5.31. The first-order chi connectivity index (χ1) is 10.4. The van der Waals surface area contributed by atoms with Crippen LogP contribution in [0.25, 0.3) is 0 Å². The molecule has 1 aliphatic rings. The highest BCUT2D eigenvalue weighted by Gasteiger charge is 2.32. The first-order valence-electron chi connectivity index (χ1n) is 7.01. The Hall–Kier alpha value is -1.38. The molecule has 2 rings (SSSR count). The van der Waals surface area contributed by atoms with E-state index >= 15 is 0 Å². The molecule has 1 heterocycles. The summed E-state index contributed by atoms with van der Waals surface area (Å²) in [5.41, 5.74) is 0.531. The molecule has 0 spiro atoms. The Balaban J connectivity index is 2.19. The summed E-state index contributed by atoms with van der Waals surface area (Å²) in [5.74, 6) is -1.91. The summed E-state index contributed by atoms with van der Waals surface area (Å²) < 4.78 is 53.9. The van der Waals surface area contributed by atoms with Gasteiger partial charge in [0.05, 0.1) is 0 Å². The van der Waals surface area contributed by atoms with Crippen molar-refractivity contribution in [3.05, 3.63) is 29.6 Å². The third kappa shape index (κ3) is 4.56. The number of nitrogens with one attached hydrogen (secondary N) is 1.